The summed E-state index contributed by atoms with van der Waals surface area (Å²) >= 11 is 6.02. The quantitative estimate of drug-likeness (QED) is 0.375. The zero-order valence-corrected chi connectivity index (χ0v) is 16.1. The first-order valence-electron chi connectivity index (χ1n) is 8.77. The molecule has 9 heteroatoms. The first kappa shape index (κ1) is 19.4. The van der Waals surface area contributed by atoms with E-state index >= 15 is 0 Å². The van der Waals surface area contributed by atoms with Crippen LogP contribution in [0.1, 0.15) is 5.56 Å². The minimum atomic E-state index is -0.519. The lowest BCUT2D eigenvalue weighted by molar-refractivity contribution is -0.123. The van der Waals surface area contributed by atoms with Crippen LogP contribution in [0.4, 0.5) is 0 Å². The number of hydrogen-bond acceptors (Lipinski definition) is 7. The molecule has 0 saturated carbocycles. The van der Waals surface area contributed by atoms with Crippen molar-refractivity contribution in [3.05, 3.63) is 81.8 Å². The summed E-state index contributed by atoms with van der Waals surface area (Å²) in [6.45, 7) is -0.313. The number of benzene rings is 2. The minimum Gasteiger partial charge on any atom is -0.483 e. The lowest BCUT2D eigenvalue weighted by Gasteiger charge is -2.09. The molecule has 0 fully saturated rings. The summed E-state index contributed by atoms with van der Waals surface area (Å²) in [4.78, 5) is 24.4. The van der Waals surface area contributed by atoms with E-state index in [1.165, 1.54) is 18.7 Å². The fraction of sp³-hybridized carbons (Fsp3) is 0.0476. The molecule has 4 rings (SSSR count). The highest BCUT2D eigenvalue weighted by molar-refractivity contribution is 6.30. The summed E-state index contributed by atoms with van der Waals surface area (Å²) in [6, 6.07) is 13.4. The molecular formula is C21H14ClN3O5. The van der Waals surface area contributed by atoms with Crippen molar-refractivity contribution in [2.24, 2.45) is 5.10 Å². The van der Waals surface area contributed by atoms with Crippen LogP contribution in [0.3, 0.4) is 0 Å². The summed E-state index contributed by atoms with van der Waals surface area (Å²) in [5.41, 5.74) is 3.30. The number of halogens is 1. The molecule has 0 radical (unpaired) electrons. The van der Waals surface area contributed by atoms with E-state index in [1.54, 1.807) is 48.5 Å². The van der Waals surface area contributed by atoms with Gasteiger partial charge >= 0.3 is 0 Å². The van der Waals surface area contributed by atoms with Crippen molar-refractivity contribution in [2.75, 3.05) is 6.61 Å². The van der Waals surface area contributed by atoms with Gasteiger partial charge in [0.1, 0.15) is 17.6 Å². The third-order valence-electron chi connectivity index (χ3n) is 4.10. The predicted octanol–water partition coefficient (Wildman–Crippen LogP) is 3.63. The molecule has 0 unspecified atom stereocenters. The van der Waals surface area contributed by atoms with Crippen molar-refractivity contribution >= 4 is 34.7 Å². The van der Waals surface area contributed by atoms with E-state index in [0.29, 0.717) is 33.1 Å². The van der Waals surface area contributed by atoms with Gasteiger partial charge in [0.2, 0.25) is 5.43 Å². The van der Waals surface area contributed by atoms with Crippen molar-refractivity contribution < 1.29 is 18.5 Å². The first-order valence-corrected chi connectivity index (χ1v) is 9.15. The van der Waals surface area contributed by atoms with Crippen LogP contribution in [0.5, 0.6) is 5.75 Å². The molecule has 0 aliphatic rings. The third-order valence-corrected chi connectivity index (χ3v) is 4.34. The largest absolute Gasteiger partial charge is 0.483 e. The Morgan fingerprint density at radius 1 is 1.23 bits per heavy atom. The molecule has 0 atom stereocenters. The normalized spacial score (nSPS) is 11.1. The summed E-state index contributed by atoms with van der Waals surface area (Å²) in [7, 11) is 0. The van der Waals surface area contributed by atoms with Gasteiger partial charge in [0, 0.05) is 11.1 Å². The van der Waals surface area contributed by atoms with Crippen LogP contribution in [0.25, 0.3) is 22.3 Å². The van der Waals surface area contributed by atoms with Crippen LogP contribution in [0.2, 0.25) is 5.02 Å². The number of hydrazone groups is 1. The number of carbonyl (C=O) groups is 1. The first-order chi connectivity index (χ1) is 14.6. The van der Waals surface area contributed by atoms with Crippen LogP contribution in [0, 0.1) is 0 Å². The number of carbonyl (C=O) groups excluding carboxylic acids is 1. The van der Waals surface area contributed by atoms with Crippen LogP contribution in [-0.4, -0.2) is 23.9 Å². The highest BCUT2D eigenvalue weighted by Gasteiger charge is 2.12. The van der Waals surface area contributed by atoms with E-state index in [4.69, 9.17) is 25.3 Å². The van der Waals surface area contributed by atoms with Gasteiger partial charge in [-0.25, -0.2) is 5.43 Å². The van der Waals surface area contributed by atoms with E-state index in [1.807, 2.05) is 0 Å². The van der Waals surface area contributed by atoms with Crippen LogP contribution < -0.4 is 15.6 Å². The molecule has 0 aliphatic heterocycles. The number of hydrogen-bond donors (Lipinski definition) is 1. The lowest BCUT2D eigenvalue weighted by atomic mass is 10.1. The monoisotopic (exact) mass is 423 g/mol. The van der Waals surface area contributed by atoms with E-state index in [9.17, 15) is 9.59 Å². The van der Waals surface area contributed by atoms with Crippen molar-refractivity contribution in [2.45, 2.75) is 0 Å². The molecule has 0 bridgehead atoms. The Morgan fingerprint density at radius 3 is 2.93 bits per heavy atom. The smallest absolute Gasteiger partial charge is 0.277 e. The Labute approximate surface area is 174 Å². The van der Waals surface area contributed by atoms with Gasteiger partial charge in [-0.2, -0.15) is 5.10 Å². The second kappa shape index (κ2) is 8.62. The maximum atomic E-state index is 12.4. The second-order valence-corrected chi connectivity index (χ2v) is 6.55. The van der Waals surface area contributed by atoms with Gasteiger partial charge in [0.25, 0.3) is 5.91 Å². The van der Waals surface area contributed by atoms with Crippen molar-refractivity contribution in [1.82, 2.24) is 10.6 Å². The molecule has 0 spiro atoms. The molecule has 1 amide bonds. The van der Waals surface area contributed by atoms with Crippen molar-refractivity contribution in [3.63, 3.8) is 0 Å². The molecule has 0 saturated heterocycles. The fourth-order valence-electron chi connectivity index (χ4n) is 2.71. The Bertz CT molecular complexity index is 1280. The third kappa shape index (κ3) is 4.23. The number of ether oxygens (including phenoxy) is 1. The van der Waals surface area contributed by atoms with Gasteiger partial charge in [-0.15, -0.1) is 0 Å². The topological polar surface area (TPSA) is 107 Å². The number of rotatable bonds is 6. The molecule has 2 aromatic carbocycles. The average molecular weight is 424 g/mol. The second-order valence-electron chi connectivity index (χ2n) is 6.12. The lowest BCUT2D eigenvalue weighted by Crippen LogP contribution is -2.25. The molecule has 8 nitrogen and oxygen atoms in total. The van der Waals surface area contributed by atoms with E-state index in [0.717, 1.165) is 0 Å². The Morgan fingerprint density at radius 2 is 2.10 bits per heavy atom. The molecule has 2 aromatic heterocycles. The molecule has 2 heterocycles. The van der Waals surface area contributed by atoms with Gasteiger partial charge in [0.15, 0.2) is 12.4 Å². The number of amides is 1. The SMILES string of the molecule is O=C(COc1ccc(Cl)cc1-c1ccno1)N/N=C\c1coc2ccccc2c1=O. The van der Waals surface area contributed by atoms with Crippen LogP contribution >= 0.6 is 11.6 Å². The Balaban J connectivity index is 1.41. The van der Waals surface area contributed by atoms with E-state index in [2.05, 4.69) is 15.7 Å². The zero-order chi connectivity index (χ0) is 20.9. The highest BCUT2D eigenvalue weighted by Crippen LogP contribution is 2.32. The summed E-state index contributed by atoms with van der Waals surface area (Å²) < 4.78 is 16.1. The summed E-state index contributed by atoms with van der Waals surface area (Å²) in [6.07, 6.45) is 4.00. The van der Waals surface area contributed by atoms with E-state index < -0.39 is 5.91 Å². The maximum absolute atomic E-state index is 12.4. The van der Waals surface area contributed by atoms with Gasteiger partial charge in [-0.05, 0) is 30.3 Å². The Kier molecular flexibility index (Phi) is 5.58. The number of fused-ring (bicyclic) bond motifs is 1. The van der Waals surface area contributed by atoms with Crippen molar-refractivity contribution in [1.29, 1.82) is 0 Å². The molecule has 150 valence electrons. The average Bonchev–Trinajstić information content (AvgIpc) is 3.29. The van der Waals surface area contributed by atoms with Gasteiger partial charge in [-0.3, -0.25) is 9.59 Å². The zero-order valence-electron chi connectivity index (χ0n) is 15.4. The summed E-state index contributed by atoms with van der Waals surface area (Å²) in [5, 5.41) is 8.36. The molecule has 4 aromatic rings. The highest BCUT2D eigenvalue weighted by atomic mass is 35.5. The van der Waals surface area contributed by atoms with Crippen LogP contribution in [0.15, 0.2) is 79.8 Å². The number of para-hydroxylation sites is 1. The number of aromatic nitrogens is 1. The number of nitrogens with one attached hydrogen (secondary N) is 1. The number of nitrogens with zero attached hydrogens (tertiary/aromatic N) is 2. The fourth-order valence-corrected chi connectivity index (χ4v) is 2.88. The minimum absolute atomic E-state index is 0.209. The molecule has 30 heavy (non-hydrogen) atoms. The maximum Gasteiger partial charge on any atom is 0.277 e. The molecule has 1 N–H and O–H groups in total. The van der Waals surface area contributed by atoms with Crippen molar-refractivity contribution in [3.8, 4) is 17.1 Å². The van der Waals surface area contributed by atoms with Gasteiger partial charge < -0.3 is 13.7 Å². The predicted molar refractivity (Wildman–Crippen MR) is 111 cm³/mol. The molecule has 0 aliphatic carbocycles. The Hall–Kier alpha value is -3.91. The van der Waals surface area contributed by atoms with Gasteiger partial charge in [0.05, 0.1) is 28.9 Å². The van der Waals surface area contributed by atoms with Crippen LogP contribution in [-0.2, 0) is 4.79 Å². The standard InChI is InChI=1S/C21H14ClN3O5/c22-14-5-6-18(16(9-14)19-7-8-24-30-19)29-12-20(26)25-23-10-13-11-28-17-4-2-1-3-15(17)21(13)27/h1-11H,12H2,(H,25,26)/b23-10-. The van der Waals surface area contributed by atoms with E-state index in [-0.39, 0.29) is 17.6 Å². The summed E-state index contributed by atoms with van der Waals surface area (Å²) in [5.74, 6) is 0.328. The van der Waals surface area contributed by atoms with Gasteiger partial charge in [-0.1, -0.05) is 28.9 Å². The molecular weight excluding hydrogens is 410 g/mol.